The molecule has 3 atom stereocenters. The molecule has 1 saturated heterocycles. The summed E-state index contributed by atoms with van der Waals surface area (Å²) in [7, 11) is 0. The summed E-state index contributed by atoms with van der Waals surface area (Å²) in [5.74, 6) is 0.281. The quantitative estimate of drug-likeness (QED) is 0.844. The molecule has 6 nitrogen and oxygen atoms in total. The Morgan fingerprint density at radius 3 is 2.89 bits per heavy atom. The number of hydrogen-bond donors (Lipinski definition) is 1. The topological polar surface area (TPSA) is 67.5 Å². The Balaban J connectivity index is 1.43. The van der Waals surface area contributed by atoms with Gasteiger partial charge in [0.1, 0.15) is 0 Å². The number of amides is 1. The van der Waals surface area contributed by atoms with E-state index in [4.69, 9.17) is 16.0 Å². The molecule has 2 aliphatic rings. The molecule has 1 saturated carbocycles. The summed E-state index contributed by atoms with van der Waals surface area (Å²) in [6, 6.07) is 5.51. The second kappa shape index (κ2) is 8.29. The van der Waals surface area contributed by atoms with Crippen LogP contribution in [0.5, 0.6) is 0 Å². The third-order valence-electron chi connectivity index (χ3n) is 6.25. The fourth-order valence-electron chi connectivity index (χ4n) is 4.72. The molecule has 1 aromatic heterocycles. The molecule has 0 radical (unpaired) electrons. The minimum Gasteiger partial charge on any atom is -0.408 e. The number of likely N-dealkylation sites (tertiary alicyclic amines) is 1. The first kappa shape index (κ1) is 19.5. The number of nitrogens with zero attached hydrogens (tertiary/aromatic N) is 2. The zero-order chi connectivity index (χ0) is 19.7. The van der Waals surface area contributed by atoms with E-state index in [1.54, 1.807) is 22.8 Å². The Kier molecular flexibility index (Phi) is 5.78. The van der Waals surface area contributed by atoms with Crippen LogP contribution in [0.2, 0.25) is 5.02 Å². The van der Waals surface area contributed by atoms with E-state index in [0.29, 0.717) is 35.7 Å². The molecule has 152 valence electrons. The highest BCUT2D eigenvalue weighted by atomic mass is 35.5. The molecule has 28 heavy (non-hydrogen) atoms. The molecule has 1 aromatic carbocycles. The van der Waals surface area contributed by atoms with Crippen LogP contribution in [0.3, 0.4) is 0 Å². The fraction of sp³-hybridized carbons (Fsp3) is 0.619. The van der Waals surface area contributed by atoms with E-state index in [-0.39, 0.29) is 17.7 Å². The van der Waals surface area contributed by atoms with Crippen LogP contribution in [0.4, 0.5) is 0 Å². The highest BCUT2D eigenvalue weighted by Gasteiger charge is 2.28. The van der Waals surface area contributed by atoms with Gasteiger partial charge in [-0.3, -0.25) is 14.3 Å². The first-order valence-electron chi connectivity index (χ1n) is 10.3. The first-order valence-corrected chi connectivity index (χ1v) is 10.7. The lowest BCUT2D eigenvalue weighted by atomic mass is 9.86. The Morgan fingerprint density at radius 2 is 2.07 bits per heavy atom. The molecule has 1 N–H and O–H groups in total. The van der Waals surface area contributed by atoms with E-state index in [2.05, 4.69) is 17.1 Å². The Bertz CT molecular complexity index is 906. The van der Waals surface area contributed by atoms with Gasteiger partial charge in [-0.25, -0.2) is 4.79 Å². The van der Waals surface area contributed by atoms with Gasteiger partial charge in [-0.15, -0.1) is 0 Å². The third kappa shape index (κ3) is 4.13. The number of halogens is 1. The standard InChI is InChI=1S/C21H28ClN3O3/c1-14-5-2-3-7-17(14)23-20(26)13-24-10-4-6-16(12-24)25-18-11-15(22)8-9-19(18)28-21(25)27/h8-9,11,14,16-17H,2-7,10,12-13H2,1H3,(H,23,26)/t14-,16-,17-/m0/s1. The first-order chi connectivity index (χ1) is 13.5. The molecular formula is C21H28ClN3O3. The summed E-state index contributed by atoms with van der Waals surface area (Å²) in [6.45, 7) is 4.14. The van der Waals surface area contributed by atoms with Gasteiger partial charge in [0.05, 0.1) is 18.1 Å². The van der Waals surface area contributed by atoms with Crippen LogP contribution in [-0.4, -0.2) is 41.1 Å². The molecule has 0 bridgehead atoms. The molecule has 0 unspecified atom stereocenters. The predicted octanol–water partition coefficient (Wildman–Crippen LogP) is 3.58. The molecule has 7 heteroatoms. The summed E-state index contributed by atoms with van der Waals surface area (Å²) >= 11 is 6.12. The maximum atomic E-state index is 12.6. The fourth-order valence-corrected chi connectivity index (χ4v) is 4.89. The molecule has 1 aliphatic carbocycles. The molecule has 2 fully saturated rings. The highest BCUT2D eigenvalue weighted by Crippen LogP contribution is 2.27. The summed E-state index contributed by atoms with van der Waals surface area (Å²) in [5.41, 5.74) is 1.28. The number of nitrogens with one attached hydrogen (secondary N) is 1. The average molecular weight is 406 g/mol. The van der Waals surface area contributed by atoms with Crippen LogP contribution in [0.25, 0.3) is 11.1 Å². The minimum atomic E-state index is -0.357. The van der Waals surface area contributed by atoms with Crippen LogP contribution in [0.15, 0.2) is 27.4 Å². The summed E-state index contributed by atoms with van der Waals surface area (Å²) in [5, 5.41) is 3.81. The molecular weight excluding hydrogens is 378 g/mol. The average Bonchev–Trinajstić information content (AvgIpc) is 2.99. The van der Waals surface area contributed by atoms with E-state index in [0.717, 1.165) is 31.3 Å². The number of carbonyl (C=O) groups is 1. The van der Waals surface area contributed by atoms with Crippen LogP contribution < -0.4 is 11.1 Å². The molecule has 1 amide bonds. The zero-order valence-electron chi connectivity index (χ0n) is 16.3. The Labute approximate surface area is 169 Å². The van der Waals surface area contributed by atoms with E-state index < -0.39 is 0 Å². The van der Waals surface area contributed by atoms with Gasteiger partial charge >= 0.3 is 5.76 Å². The number of fused-ring (bicyclic) bond motifs is 1. The SMILES string of the molecule is C[C@H]1CCCC[C@@H]1NC(=O)CN1CCC[C@H](n2c(=O)oc3ccc(Cl)cc32)C1. The number of piperidine rings is 1. The largest absolute Gasteiger partial charge is 0.420 e. The van der Waals surface area contributed by atoms with E-state index in [1.165, 1.54) is 19.3 Å². The van der Waals surface area contributed by atoms with Gasteiger partial charge in [0.2, 0.25) is 5.91 Å². The lowest BCUT2D eigenvalue weighted by Gasteiger charge is -2.34. The monoisotopic (exact) mass is 405 g/mol. The van der Waals surface area contributed by atoms with Crippen LogP contribution >= 0.6 is 11.6 Å². The lowest BCUT2D eigenvalue weighted by Crippen LogP contribution is -2.48. The number of carbonyl (C=O) groups excluding carboxylic acids is 1. The van der Waals surface area contributed by atoms with Crippen molar-refractivity contribution in [2.75, 3.05) is 19.6 Å². The van der Waals surface area contributed by atoms with Crippen LogP contribution in [-0.2, 0) is 4.79 Å². The van der Waals surface area contributed by atoms with Crippen molar-refractivity contribution in [3.05, 3.63) is 33.8 Å². The van der Waals surface area contributed by atoms with E-state index >= 15 is 0 Å². The van der Waals surface area contributed by atoms with Gasteiger partial charge in [0, 0.05) is 17.6 Å². The van der Waals surface area contributed by atoms with Crippen molar-refractivity contribution in [2.45, 2.75) is 57.5 Å². The molecule has 0 spiro atoms. The number of rotatable bonds is 4. The van der Waals surface area contributed by atoms with Crippen molar-refractivity contribution < 1.29 is 9.21 Å². The van der Waals surface area contributed by atoms with Crippen LogP contribution in [0, 0.1) is 5.92 Å². The molecule has 2 heterocycles. The number of oxazole rings is 1. The van der Waals surface area contributed by atoms with Gasteiger partial charge in [0.25, 0.3) is 0 Å². The van der Waals surface area contributed by atoms with E-state index in [9.17, 15) is 9.59 Å². The van der Waals surface area contributed by atoms with Crippen molar-refractivity contribution in [1.29, 1.82) is 0 Å². The predicted molar refractivity (Wildman–Crippen MR) is 110 cm³/mol. The summed E-state index contributed by atoms with van der Waals surface area (Å²) in [4.78, 5) is 27.2. The maximum absolute atomic E-state index is 12.6. The number of benzene rings is 1. The molecule has 2 aromatic rings. The van der Waals surface area contributed by atoms with Gasteiger partial charge in [-0.1, -0.05) is 31.4 Å². The zero-order valence-corrected chi connectivity index (χ0v) is 17.1. The second-order valence-electron chi connectivity index (χ2n) is 8.32. The highest BCUT2D eigenvalue weighted by molar-refractivity contribution is 6.31. The lowest BCUT2D eigenvalue weighted by molar-refractivity contribution is -0.123. The Morgan fingerprint density at radius 1 is 1.25 bits per heavy atom. The van der Waals surface area contributed by atoms with Gasteiger partial charge in [-0.2, -0.15) is 0 Å². The van der Waals surface area contributed by atoms with Crippen LogP contribution in [0.1, 0.15) is 51.5 Å². The minimum absolute atomic E-state index is 0.0117. The van der Waals surface area contributed by atoms with Gasteiger partial charge in [0.15, 0.2) is 5.58 Å². The number of aromatic nitrogens is 1. The molecule has 4 rings (SSSR count). The van der Waals surface area contributed by atoms with Crippen molar-refractivity contribution in [3.8, 4) is 0 Å². The van der Waals surface area contributed by atoms with Crippen molar-refractivity contribution in [3.63, 3.8) is 0 Å². The third-order valence-corrected chi connectivity index (χ3v) is 6.48. The van der Waals surface area contributed by atoms with Crippen molar-refractivity contribution in [1.82, 2.24) is 14.8 Å². The van der Waals surface area contributed by atoms with Gasteiger partial charge < -0.3 is 9.73 Å². The second-order valence-corrected chi connectivity index (χ2v) is 8.75. The summed E-state index contributed by atoms with van der Waals surface area (Å²) < 4.78 is 7.09. The smallest absolute Gasteiger partial charge is 0.408 e. The van der Waals surface area contributed by atoms with Crippen molar-refractivity contribution in [2.24, 2.45) is 5.92 Å². The molecule has 1 aliphatic heterocycles. The summed E-state index contributed by atoms with van der Waals surface area (Å²) in [6.07, 6.45) is 6.55. The van der Waals surface area contributed by atoms with Crippen molar-refractivity contribution >= 4 is 28.6 Å². The normalized spacial score (nSPS) is 26.4. The van der Waals surface area contributed by atoms with Gasteiger partial charge in [-0.05, 0) is 56.3 Å². The Hall–Kier alpha value is -1.79. The van der Waals surface area contributed by atoms with E-state index in [1.807, 2.05) is 0 Å². The number of hydrogen-bond acceptors (Lipinski definition) is 4. The maximum Gasteiger partial charge on any atom is 0.420 e.